The first kappa shape index (κ1) is 20.7. The van der Waals surface area contributed by atoms with E-state index >= 15 is 0 Å². The van der Waals surface area contributed by atoms with E-state index in [2.05, 4.69) is 28.2 Å². The Bertz CT molecular complexity index is 1470. The fourth-order valence-electron chi connectivity index (χ4n) is 5.06. The maximum absolute atomic E-state index is 13.3. The van der Waals surface area contributed by atoms with E-state index in [1.807, 2.05) is 36.1 Å². The molecule has 6 rings (SSSR count). The lowest BCUT2D eigenvalue weighted by atomic mass is 9.98. The standard InChI is InChI=1S/C26H26N6O2/c1-2-32-26(34)31-13-10-22(15-23(31)28-32)30-11-5-8-19-14-21(16-27-24(19)30)25(33)29-12-9-18-6-3-4-7-20(18)17-29/h3-4,6-7,10,13-16H,2,5,8-9,11-12,17H2,1H3. The Morgan fingerprint density at radius 1 is 1.03 bits per heavy atom. The van der Waals surface area contributed by atoms with Gasteiger partial charge in [0, 0.05) is 50.3 Å². The topological polar surface area (TPSA) is 75.7 Å². The highest BCUT2D eigenvalue weighted by molar-refractivity contribution is 5.94. The van der Waals surface area contributed by atoms with Gasteiger partial charge < -0.3 is 9.80 Å². The molecule has 0 N–H and O–H groups in total. The van der Waals surface area contributed by atoms with Crippen molar-refractivity contribution in [3.63, 3.8) is 0 Å². The van der Waals surface area contributed by atoms with Crippen molar-refractivity contribution in [1.82, 2.24) is 24.1 Å². The van der Waals surface area contributed by atoms with Crippen LogP contribution in [0.1, 0.15) is 40.4 Å². The minimum absolute atomic E-state index is 0.0350. The third-order valence-corrected chi connectivity index (χ3v) is 6.87. The molecule has 2 aliphatic rings. The summed E-state index contributed by atoms with van der Waals surface area (Å²) in [6.07, 6.45) is 6.20. The summed E-state index contributed by atoms with van der Waals surface area (Å²) in [5.74, 6) is 0.904. The SMILES string of the molecule is CCn1nc2cc(N3CCCc4cc(C(=O)N5CCc6ccccc6C5)cnc43)ccn2c1=O. The van der Waals surface area contributed by atoms with Gasteiger partial charge in [-0.1, -0.05) is 24.3 Å². The highest BCUT2D eigenvalue weighted by atomic mass is 16.2. The van der Waals surface area contributed by atoms with Crippen molar-refractivity contribution < 1.29 is 4.79 Å². The summed E-state index contributed by atoms with van der Waals surface area (Å²) in [7, 11) is 0. The van der Waals surface area contributed by atoms with Gasteiger partial charge in [0.15, 0.2) is 5.65 Å². The van der Waals surface area contributed by atoms with Crippen LogP contribution in [-0.2, 0) is 25.9 Å². The number of aryl methyl sites for hydroxylation is 2. The Kier molecular flexibility index (Phi) is 4.94. The van der Waals surface area contributed by atoms with Crippen LogP contribution >= 0.6 is 0 Å². The number of anilines is 2. The highest BCUT2D eigenvalue weighted by Crippen LogP contribution is 2.33. The van der Waals surface area contributed by atoms with Gasteiger partial charge in [0.1, 0.15) is 5.82 Å². The molecule has 0 saturated carbocycles. The van der Waals surface area contributed by atoms with Gasteiger partial charge in [-0.2, -0.15) is 0 Å². The number of hydrogen-bond acceptors (Lipinski definition) is 5. The molecule has 8 nitrogen and oxygen atoms in total. The first-order valence-corrected chi connectivity index (χ1v) is 11.8. The molecule has 34 heavy (non-hydrogen) atoms. The molecule has 2 aliphatic heterocycles. The fourth-order valence-corrected chi connectivity index (χ4v) is 5.06. The van der Waals surface area contributed by atoms with E-state index in [0.717, 1.165) is 49.4 Å². The van der Waals surface area contributed by atoms with E-state index in [0.29, 0.717) is 24.3 Å². The van der Waals surface area contributed by atoms with Gasteiger partial charge in [-0.05, 0) is 55.0 Å². The van der Waals surface area contributed by atoms with Gasteiger partial charge in [-0.25, -0.2) is 14.5 Å². The summed E-state index contributed by atoms with van der Waals surface area (Å²) >= 11 is 0. The highest BCUT2D eigenvalue weighted by Gasteiger charge is 2.25. The number of carbonyl (C=O) groups is 1. The van der Waals surface area contributed by atoms with E-state index in [4.69, 9.17) is 4.98 Å². The predicted octanol–water partition coefficient (Wildman–Crippen LogP) is 3.19. The van der Waals surface area contributed by atoms with Gasteiger partial charge in [0.05, 0.1) is 5.56 Å². The second kappa shape index (κ2) is 8.13. The smallest absolute Gasteiger partial charge is 0.334 e. The van der Waals surface area contributed by atoms with Crippen molar-refractivity contribution in [2.75, 3.05) is 18.0 Å². The second-order valence-electron chi connectivity index (χ2n) is 8.92. The van der Waals surface area contributed by atoms with E-state index in [9.17, 15) is 9.59 Å². The Labute approximate surface area is 197 Å². The van der Waals surface area contributed by atoms with Gasteiger partial charge in [-0.3, -0.25) is 9.20 Å². The number of nitrogens with zero attached hydrogens (tertiary/aromatic N) is 6. The molecule has 3 aromatic heterocycles. The Balaban J connectivity index is 1.29. The van der Waals surface area contributed by atoms with Crippen LogP contribution in [0.15, 0.2) is 59.7 Å². The summed E-state index contributed by atoms with van der Waals surface area (Å²) in [5, 5.41) is 4.42. The zero-order chi connectivity index (χ0) is 23.2. The summed E-state index contributed by atoms with van der Waals surface area (Å²) in [6.45, 7) is 4.63. The van der Waals surface area contributed by atoms with Gasteiger partial charge in [0.25, 0.3) is 5.91 Å². The fraction of sp³-hybridized carbons (Fsp3) is 0.308. The number of pyridine rings is 2. The summed E-state index contributed by atoms with van der Waals surface area (Å²) in [5.41, 5.74) is 5.70. The van der Waals surface area contributed by atoms with Crippen LogP contribution in [0, 0.1) is 0 Å². The van der Waals surface area contributed by atoms with Crippen molar-refractivity contribution >= 4 is 23.1 Å². The molecule has 1 aromatic carbocycles. The van der Waals surface area contributed by atoms with Crippen LogP contribution in [0.3, 0.4) is 0 Å². The molecule has 0 spiro atoms. The molecular formula is C26H26N6O2. The molecule has 0 bridgehead atoms. The minimum atomic E-state index is -0.135. The van der Waals surface area contributed by atoms with Crippen molar-refractivity contribution in [2.45, 2.75) is 39.3 Å². The third-order valence-electron chi connectivity index (χ3n) is 6.87. The molecule has 0 saturated heterocycles. The van der Waals surface area contributed by atoms with Crippen molar-refractivity contribution in [2.24, 2.45) is 0 Å². The number of fused-ring (bicyclic) bond motifs is 3. The van der Waals surface area contributed by atoms with Crippen LogP contribution in [0.2, 0.25) is 0 Å². The largest absolute Gasteiger partial charge is 0.350 e. The number of aromatic nitrogens is 4. The van der Waals surface area contributed by atoms with E-state index in [1.54, 1.807) is 16.8 Å². The van der Waals surface area contributed by atoms with Crippen LogP contribution in [-0.4, -0.2) is 43.1 Å². The maximum Gasteiger partial charge on any atom is 0.350 e. The van der Waals surface area contributed by atoms with E-state index in [-0.39, 0.29) is 11.6 Å². The first-order valence-electron chi connectivity index (χ1n) is 11.8. The lowest BCUT2D eigenvalue weighted by molar-refractivity contribution is 0.0734. The van der Waals surface area contributed by atoms with Crippen LogP contribution in [0.5, 0.6) is 0 Å². The summed E-state index contributed by atoms with van der Waals surface area (Å²) < 4.78 is 3.02. The lowest BCUT2D eigenvalue weighted by Crippen LogP contribution is -2.36. The molecule has 0 atom stereocenters. The van der Waals surface area contributed by atoms with Gasteiger partial charge in [-0.15, -0.1) is 5.10 Å². The third kappa shape index (κ3) is 3.37. The number of carbonyl (C=O) groups excluding carboxylic acids is 1. The van der Waals surface area contributed by atoms with Crippen LogP contribution in [0.25, 0.3) is 5.65 Å². The number of benzene rings is 1. The molecule has 4 aromatic rings. The van der Waals surface area contributed by atoms with Crippen LogP contribution < -0.4 is 10.6 Å². The molecule has 0 radical (unpaired) electrons. The molecule has 5 heterocycles. The normalized spacial score (nSPS) is 15.3. The van der Waals surface area contributed by atoms with Crippen LogP contribution in [0.4, 0.5) is 11.5 Å². The molecule has 0 aliphatic carbocycles. The maximum atomic E-state index is 13.3. The second-order valence-corrected chi connectivity index (χ2v) is 8.92. The number of hydrogen-bond donors (Lipinski definition) is 0. The summed E-state index contributed by atoms with van der Waals surface area (Å²) in [6, 6.07) is 14.2. The van der Waals surface area contributed by atoms with Gasteiger partial charge in [0.2, 0.25) is 0 Å². The average Bonchev–Trinajstić information content (AvgIpc) is 3.22. The molecule has 0 fully saturated rings. The number of amides is 1. The quantitative estimate of drug-likeness (QED) is 0.475. The molecule has 8 heteroatoms. The Morgan fingerprint density at radius 3 is 2.74 bits per heavy atom. The first-order chi connectivity index (χ1) is 16.6. The van der Waals surface area contributed by atoms with Crippen molar-refractivity contribution in [1.29, 1.82) is 0 Å². The lowest BCUT2D eigenvalue weighted by Gasteiger charge is -2.31. The van der Waals surface area contributed by atoms with Crippen molar-refractivity contribution in [3.05, 3.63) is 87.6 Å². The Morgan fingerprint density at radius 2 is 1.88 bits per heavy atom. The molecule has 1 amide bonds. The van der Waals surface area contributed by atoms with Crippen molar-refractivity contribution in [3.8, 4) is 0 Å². The predicted molar refractivity (Wildman–Crippen MR) is 130 cm³/mol. The molecule has 172 valence electrons. The zero-order valence-electron chi connectivity index (χ0n) is 19.1. The number of rotatable bonds is 3. The van der Waals surface area contributed by atoms with E-state index < -0.39 is 0 Å². The van der Waals surface area contributed by atoms with Gasteiger partial charge >= 0.3 is 5.69 Å². The molecule has 0 unspecified atom stereocenters. The monoisotopic (exact) mass is 454 g/mol. The van der Waals surface area contributed by atoms with E-state index in [1.165, 1.54) is 15.8 Å². The summed E-state index contributed by atoms with van der Waals surface area (Å²) in [4.78, 5) is 34.4. The average molecular weight is 455 g/mol. The minimum Gasteiger partial charge on any atom is -0.334 e. The molecular weight excluding hydrogens is 428 g/mol. The Hall–Kier alpha value is -3.94. The zero-order valence-corrected chi connectivity index (χ0v) is 19.1.